The van der Waals surface area contributed by atoms with Crippen molar-refractivity contribution in [2.24, 2.45) is 0 Å². The van der Waals surface area contributed by atoms with Gasteiger partial charge in [0, 0.05) is 0 Å². The summed E-state index contributed by atoms with van der Waals surface area (Å²) in [6, 6.07) is 0. The van der Waals surface area contributed by atoms with Crippen molar-refractivity contribution >= 4 is 24.8 Å². The second kappa shape index (κ2) is 13.3. The number of aliphatic carboxylic acids is 1. The Hall–Kier alpha value is -0.713. The molecule has 0 rings (SSSR count). The molecular weight excluding hydrogens is 183 g/mol. The van der Waals surface area contributed by atoms with Gasteiger partial charge in [0.1, 0.15) is 0 Å². The Kier molecular flexibility index (Phi) is 14.8. The molecule has 0 bridgehead atoms. The third-order valence-electron chi connectivity index (χ3n) is 1.62. The van der Waals surface area contributed by atoms with Crippen LogP contribution in [0.5, 0.6) is 0 Å². The van der Waals surface area contributed by atoms with E-state index in [1.165, 1.54) is 12.8 Å². The van der Waals surface area contributed by atoms with Crippen molar-refractivity contribution < 1.29 is 9.90 Å². The molecule has 0 unspecified atom stereocenters. The molecule has 0 saturated carbocycles. The van der Waals surface area contributed by atoms with E-state index in [0.717, 1.165) is 6.42 Å². The van der Waals surface area contributed by atoms with E-state index in [1.54, 1.807) is 12.2 Å². The summed E-state index contributed by atoms with van der Waals surface area (Å²) >= 11 is 0. The van der Waals surface area contributed by atoms with Crippen LogP contribution in [0.25, 0.3) is 0 Å². The van der Waals surface area contributed by atoms with Crippen LogP contribution in [0.3, 0.4) is 0 Å². The molecule has 0 atom stereocenters. The molecule has 0 spiro atoms. The molecule has 80 valence electrons. The van der Waals surface area contributed by atoms with E-state index in [1.807, 2.05) is 18.2 Å². The number of allylic oxidation sites excluding steroid dienone is 5. The summed E-state index contributed by atoms with van der Waals surface area (Å²) in [6.07, 6.45) is 14.9. The Morgan fingerprint density at radius 2 is 1.73 bits per heavy atom. The molecule has 2 nitrogen and oxygen atoms in total. The van der Waals surface area contributed by atoms with Gasteiger partial charge in [0.05, 0.1) is 6.42 Å². The van der Waals surface area contributed by atoms with Crippen LogP contribution < -0.4 is 0 Å². The Morgan fingerprint density at radius 3 is 2.27 bits per heavy atom. The van der Waals surface area contributed by atoms with Crippen LogP contribution in [0, 0.1) is 0 Å². The Morgan fingerprint density at radius 1 is 1.13 bits per heavy atom. The van der Waals surface area contributed by atoms with Crippen LogP contribution >= 0.6 is 0 Å². The van der Waals surface area contributed by atoms with E-state index in [2.05, 4.69) is 13.0 Å². The fourth-order valence-corrected chi connectivity index (χ4v) is 0.872. The summed E-state index contributed by atoms with van der Waals surface area (Å²) in [4.78, 5) is 10.1. The van der Waals surface area contributed by atoms with E-state index < -0.39 is 5.97 Å². The first-order valence-electron chi connectivity index (χ1n) is 4.97. The number of carbonyl (C=O) groups is 1. The van der Waals surface area contributed by atoms with Crippen molar-refractivity contribution in [2.75, 3.05) is 0 Å². The van der Waals surface area contributed by atoms with Crippen LogP contribution in [0.4, 0.5) is 0 Å². The van der Waals surface area contributed by atoms with E-state index in [9.17, 15) is 4.79 Å². The Balaban J connectivity index is 0. The van der Waals surface area contributed by atoms with Gasteiger partial charge in [-0.25, -0.2) is 0 Å². The summed E-state index contributed by atoms with van der Waals surface area (Å²) in [6.45, 7) is 2.16. The van der Waals surface area contributed by atoms with Crippen molar-refractivity contribution in [1.29, 1.82) is 0 Å². The van der Waals surface area contributed by atoms with Gasteiger partial charge >= 0.3 is 24.8 Å². The zero-order valence-electron chi connectivity index (χ0n) is 8.65. The third kappa shape index (κ3) is 16.0. The standard InChI is InChI=1S/C12H18O2.Li.H/c1-2-3-4-5-6-7-8-9-10-11-12(13)14;;/h5-10H,2-4,11H2,1H3,(H,13,14);;. The molecule has 0 aromatic carbocycles. The minimum absolute atomic E-state index is 0. The second-order valence-corrected chi connectivity index (χ2v) is 2.98. The molecule has 0 amide bonds. The first-order valence-corrected chi connectivity index (χ1v) is 4.97. The summed E-state index contributed by atoms with van der Waals surface area (Å²) < 4.78 is 0. The van der Waals surface area contributed by atoms with Crippen molar-refractivity contribution in [3.63, 3.8) is 0 Å². The van der Waals surface area contributed by atoms with Crippen molar-refractivity contribution in [3.8, 4) is 0 Å². The van der Waals surface area contributed by atoms with Gasteiger partial charge < -0.3 is 5.11 Å². The first-order chi connectivity index (χ1) is 6.77. The zero-order chi connectivity index (χ0) is 10.6. The van der Waals surface area contributed by atoms with Gasteiger partial charge in [-0.2, -0.15) is 0 Å². The van der Waals surface area contributed by atoms with Gasteiger partial charge in [-0.3, -0.25) is 4.79 Å². The number of hydrogen-bond donors (Lipinski definition) is 1. The SMILES string of the molecule is CCCCC=CC=CC=CCC(=O)O.[LiH]. The van der Waals surface area contributed by atoms with Gasteiger partial charge in [0.2, 0.25) is 0 Å². The van der Waals surface area contributed by atoms with E-state index in [0.29, 0.717) is 0 Å². The zero-order valence-corrected chi connectivity index (χ0v) is 8.65. The Labute approximate surface area is 104 Å². The average molecular weight is 202 g/mol. The van der Waals surface area contributed by atoms with Crippen molar-refractivity contribution in [2.45, 2.75) is 32.6 Å². The molecule has 0 heterocycles. The molecule has 0 aliphatic carbocycles. The van der Waals surface area contributed by atoms with Crippen LogP contribution in [0.15, 0.2) is 36.5 Å². The second-order valence-electron chi connectivity index (χ2n) is 2.98. The van der Waals surface area contributed by atoms with Crippen molar-refractivity contribution in [1.82, 2.24) is 0 Å². The number of hydrogen-bond acceptors (Lipinski definition) is 1. The predicted molar refractivity (Wildman–Crippen MR) is 66.3 cm³/mol. The fourth-order valence-electron chi connectivity index (χ4n) is 0.872. The molecule has 0 saturated heterocycles. The van der Waals surface area contributed by atoms with Gasteiger partial charge in [-0.1, -0.05) is 56.2 Å². The average Bonchev–Trinajstić information content (AvgIpc) is 2.15. The molecule has 3 heteroatoms. The molecule has 1 N–H and O–H groups in total. The van der Waals surface area contributed by atoms with Crippen LogP contribution in [-0.2, 0) is 4.79 Å². The monoisotopic (exact) mass is 202 g/mol. The van der Waals surface area contributed by atoms with Gasteiger partial charge in [0.15, 0.2) is 0 Å². The molecular formula is C12H19LiO2. The summed E-state index contributed by atoms with van der Waals surface area (Å²) in [5.74, 6) is -0.798. The maximum absolute atomic E-state index is 10.1. The molecule has 0 aromatic heterocycles. The third-order valence-corrected chi connectivity index (χ3v) is 1.62. The van der Waals surface area contributed by atoms with Crippen LogP contribution in [-0.4, -0.2) is 29.9 Å². The van der Waals surface area contributed by atoms with Crippen LogP contribution in [0.2, 0.25) is 0 Å². The molecule has 0 radical (unpaired) electrons. The minimum atomic E-state index is -0.798. The normalized spacial score (nSPS) is 11.3. The first kappa shape index (κ1) is 16.7. The molecule has 0 fully saturated rings. The Bertz CT molecular complexity index is 230. The van der Waals surface area contributed by atoms with Crippen LogP contribution in [0.1, 0.15) is 32.6 Å². The van der Waals surface area contributed by atoms with E-state index in [-0.39, 0.29) is 25.3 Å². The number of unbranched alkanes of at least 4 members (excludes halogenated alkanes) is 2. The molecule has 0 aliphatic rings. The van der Waals surface area contributed by atoms with Gasteiger partial charge in [0.25, 0.3) is 0 Å². The number of rotatable bonds is 7. The number of carboxylic acids is 1. The van der Waals surface area contributed by atoms with Gasteiger partial charge in [-0.15, -0.1) is 0 Å². The summed E-state index contributed by atoms with van der Waals surface area (Å²) in [5, 5.41) is 8.32. The maximum atomic E-state index is 10.1. The molecule has 15 heavy (non-hydrogen) atoms. The predicted octanol–water partition coefficient (Wildman–Crippen LogP) is 2.67. The summed E-state index contributed by atoms with van der Waals surface area (Å²) in [7, 11) is 0. The van der Waals surface area contributed by atoms with E-state index >= 15 is 0 Å². The van der Waals surface area contributed by atoms with E-state index in [4.69, 9.17) is 5.11 Å². The molecule has 0 aliphatic heterocycles. The summed E-state index contributed by atoms with van der Waals surface area (Å²) in [5.41, 5.74) is 0. The fraction of sp³-hybridized carbons (Fsp3) is 0.417. The van der Waals surface area contributed by atoms with Gasteiger partial charge in [-0.05, 0) is 6.42 Å². The number of carboxylic acid groups (broad SMARTS) is 1. The molecule has 0 aromatic rings. The topological polar surface area (TPSA) is 37.3 Å². The quantitative estimate of drug-likeness (QED) is 0.391. The van der Waals surface area contributed by atoms with Crippen molar-refractivity contribution in [3.05, 3.63) is 36.5 Å².